The Hall–Kier alpha value is -3.50. The van der Waals surface area contributed by atoms with Gasteiger partial charge in [-0.05, 0) is 127 Å². The molecule has 0 aromatic carbocycles. The summed E-state index contributed by atoms with van der Waals surface area (Å²) in [7, 11) is 0. The molecule has 5 aromatic heterocycles. The normalized spacial score (nSPS) is 6.82. The number of rotatable bonds is 1. The number of pyridine rings is 4. The van der Waals surface area contributed by atoms with Crippen LogP contribution in [0.1, 0.15) is 249 Å². The molecule has 0 aliphatic heterocycles. The van der Waals surface area contributed by atoms with Crippen molar-refractivity contribution in [3.63, 3.8) is 0 Å². The van der Waals surface area contributed by atoms with E-state index in [-0.39, 0.29) is 21.1 Å². The number of aromatic amines is 1. The van der Waals surface area contributed by atoms with Gasteiger partial charge in [0.1, 0.15) is 0 Å². The van der Waals surface area contributed by atoms with Gasteiger partial charge in [-0.15, -0.1) is 0 Å². The Bertz CT molecular complexity index is 1140. The van der Waals surface area contributed by atoms with E-state index in [4.69, 9.17) is 0 Å². The third-order valence-corrected chi connectivity index (χ3v) is 6.73. The molecule has 5 rings (SSSR count). The molecule has 5 aromatic rings. The van der Waals surface area contributed by atoms with Crippen molar-refractivity contribution in [2.75, 3.05) is 0 Å². The van der Waals surface area contributed by atoms with Gasteiger partial charge in [0.15, 0.2) is 0 Å². The second kappa shape index (κ2) is 110. The Morgan fingerprint density at radius 2 is 0.588 bits per heavy atom. The maximum atomic E-state index is 4.08. The minimum Gasteiger partial charge on any atom is -0.348 e. The van der Waals surface area contributed by atoms with E-state index in [1.807, 2.05) is 255 Å². The minimum atomic E-state index is 0. The second-order valence-electron chi connectivity index (χ2n) is 10.3. The van der Waals surface area contributed by atoms with Gasteiger partial charge < -0.3 is 4.98 Å². The zero-order chi connectivity index (χ0) is 56.6. The number of nitrogens with one attached hydrogen (secondary N) is 1. The third kappa shape index (κ3) is 89.1. The van der Waals surface area contributed by atoms with Gasteiger partial charge in [-0.2, -0.15) is 0 Å². The first kappa shape index (κ1) is 102. The van der Waals surface area contributed by atoms with Gasteiger partial charge in [0, 0.05) is 75.3 Å². The number of unbranched alkanes of at least 4 members (excludes halogenated alkanes) is 1. The van der Waals surface area contributed by atoms with E-state index in [2.05, 4.69) is 97.4 Å². The maximum Gasteiger partial charge on any atom is 0.0925 e. The topological polar surface area (TPSA) is 80.2 Å². The van der Waals surface area contributed by atoms with E-state index in [9.17, 15) is 0 Å². The van der Waals surface area contributed by atoms with E-state index >= 15 is 0 Å². The summed E-state index contributed by atoms with van der Waals surface area (Å²) in [5, 5.41) is 0. The molecule has 0 saturated heterocycles. The fourth-order valence-corrected chi connectivity index (χ4v) is 2.64. The summed E-state index contributed by atoms with van der Waals surface area (Å²) < 4.78 is 0. The van der Waals surface area contributed by atoms with E-state index in [0.717, 1.165) is 22.8 Å². The van der Waals surface area contributed by atoms with E-state index in [1.54, 1.807) is 6.33 Å². The van der Waals surface area contributed by atoms with Crippen molar-refractivity contribution in [1.29, 1.82) is 0 Å². The number of aryl methyl sites for hydroxylation is 10. The van der Waals surface area contributed by atoms with Crippen LogP contribution in [0.25, 0.3) is 0 Å². The molecular weight excluding hydrogens is 1000 g/mol. The number of imidazole rings is 1. The Labute approximate surface area is 446 Å². The van der Waals surface area contributed by atoms with Gasteiger partial charge in [0.25, 0.3) is 0 Å². The number of aromatic nitrogens is 6. The van der Waals surface area contributed by atoms with Crippen LogP contribution < -0.4 is 0 Å². The summed E-state index contributed by atoms with van der Waals surface area (Å²) in [6, 6.07) is 12.0. The molecule has 5 heterocycles. The van der Waals surface area contributed by atoms with Crippen molar-refractivity contribution in [1.82, 2.24) is 29.9 Å². The molecule has 0 spiro atoms. The predicted molar refractivity (Wildman–Crippen MR) is 320 cm³/mol. The summed E-state index contributed by atoms with van der Waals surface area (Å²) in [6.45, 7) is 72.8. The Balaban J connectivity index is -0.0000000395. The number of nitrogens with zero attached hydrogens (tertiary/aromatic N) is 5. The van der Waals surface area contributed by atoms with Crippen molar-refractivity contribution in [3.8, 4) is 0 Å². The quantitative estimate of drug-likeness (QED) is 0.181. The van der Waals surface area contributed by atoms with Crippen molar-refractivity contribution in [2.24, 2.45) is 0 Å². The summed E-state index contributed by atoms with van der Waals surface area (Å²) in [5.41, 5.74) is 12.1. The monoisotopic (exact) mass is 1130 g/mol. The summed E-state index contributed by atoms with van der Waals surface area (Å²) in [5.74, 6) is 0. The summed E-state index contributed by atoms with van der Waals surface area (Å²) >= 11 is 0. The first-order chi connectivity index (χ1) is 32.4. The fourth-order valence-electron chi connectivity index (χ4n) is 2.64. The van der Waals surface area contributed by atoms with Crippen LogP contribution in [-0.4, -0.2) is 29.9 Å². The number of H-pyrrole nitrogens is 1. The fraction of sp³-hybridized carbons (Fsp3) is 0.623. The largest absolute Gasteiger partial charge is 0.348 e. The molecule has 0 radical (unpaired) electrons. The molecule has 0 saturated carbocycles. The molecule has 1 N–H and O–H groups in total. The van der Waals surface area contributed by atoms with Crippen LogP contribution in [0, 0.1) is 69.2 Å². The Morgan fingerprint density at radius 1 is 0.324 bits per heavy atom. The maximum absolute atomic E-state index is 4.08. The van der Waals surface area contributed by atoms with Gasteiger partial charge >= 0.3 is 0 Å². The molecule has 68 heavy (non-hydrogen) atoms. The van der Waals surface area contributed by atoms with Crippen LogP contribution in [0.3, 0.4) is 0 Å². The molecule has 0 fully saturated rings. The molecule has 406 valence electrons. The molecule has 0 atom stereocenters. The number of hydrogen-bond acceptors (Lipinski definition) is 5. The van der Waals surface area contributed by atoms with Gasteiger partial charge in [-0.1, -0.05) is 205 Å². The molecule has 7 heteroatoms. The molecule has 6 nitrogen and oxygen atoms in total. The molecule has 0 unspecified atom stereocenters. The van der Waals surface area contributed by atoms with Crippen molar-refractivity contribution in [3.05, 3.63) is 136 Å². The first-order valence-corrected chi connectivity index (χ1v) is 26.9. The van der Waals surface area contributed by atoms with Crippen LogP contribution >= 0.6 is 0 Å². The number of hydrogen-bond donors (Lipinski definition) is 1. The van der Waals surface area contributed by atoms with Crippen LogP contribution in [0.2, 0.25) is 0 Å². The van der Waals surface area contributed by atoms with Crippen LogP contribution in [0.5, 0.6) is 0 Å². The van der Waals surface area contributed by atoms with Crippen molar-refractivity contribution < 1.29 is 21.1 Å². The predicted octanol–water partition coefficient (Wildman–Crippen LogP) is 21.9. The van der Waals surface area contributed by atoms with Gasteiger partial charge in [0.2, 0.25) is 0 Å². The molecule has 0 aliphatic rings. The Morgan fingerprint density at radius 3 is 0.691 bits per heavy atom. The van der Waals surface area contributed by atoms with Crippen molar-refractivity contribution in [2.45, 2.75) is 262 Å². The second-order valence-corrected chi connectivity index (χ2v) is 10.3. The molecule has 0 bridgehead atoms. The van der Waals surface area contributed by atoms with Gasteiger partial charge in [0.05, 0.1) is 12.0 Å². The van der Waals surface area contributed by atoms with Crippen LogP contribution in [0.4, 0.5) is 0 Å². The van der Waals surface area contributed by atoms with E-state index < -0.39 is 0 Å². The standard InChI is InChI=1S/4C7H9N.C5H8N2.C4H10.12C2H6.W/c2*1-6-3-4-8-5-7(6)2;2*1-6-4-3-5-8-7(6)2;1-4-5(2)7-3-6-4;1-3-4-2;12*1-2;/h4*3-5H,1-2H3;3H,1-2H3,(H,6,7);3-4H2,1-2H3;12*1-2H3;. The first-order valence-electron chi connectivity index (χ1n) is 26.9. The molecule has 0 amide bonds. The third-order valence-electron chi connectivity index (χ3n) is 6.73. The minimum absolute atomic E-state index is 0. The van der Waals surface area contributed by atoms with Crippen LogP contribution in [0.15, 0.2) is 79.9 Å². The van der Waals surface area contributed by atoms with Crippen molar-refractivity contribution >= 4 is 0 Å². The molecule has 0 aliphatic carbocycles. The zero-order valence-electron chi connectivity index (χ0n) is 53.1. The van der Waals surface area contributed by atoms with Gasteiger partial charge in [-0.25, -0.2) is 4.98 Å². The molecular formula is C61H126N6W. The van der Waals surface area contributed by atoms with E-state index in [1.165, 1.54) is 46.2 Å². The SMILES string of the molecule is CC.CC.CC.CC.CC.CC.CC.CC.CC.CC.CC.CC.CCCC.Cc1cccnc1C.Cc1cccnc1C.Cc1ccncc1C.Cc1ccncc1C.Cc1nc[nH]c1C.[W]. The summed E-state index contributed by atoms with van der Waals surface area (Å²) in [4.78, 5) is 23.0. The van der Waals surface area contributed by atoms with Gasteiger partial charge in [-0.3, -0.25) is 19.9 Å². The average molecular weight is 1130 g/mol. The Kier molecular flexibility index (Phi) is 165. The van der Waals surface area contributed by atoms with Crippen LogP contribution in [-0.2, 0) is 21.1 Å². The van der Waals surface area contributed by atoms with E-state index in [0.29, 0.717) is 0 Å². The average Bonchev–Trinajstić information content (AvgIpc) is 3.81. The smallest absolute Gasteiger partial charge is 0.0925 e. The summed E-state index contributed by atoms with van der Waals surface area (Å²) in [6.07, 6.45) is 15.3. The zero-order valence-corrected chi connectivity index (χ0v) is 56.0.